The highest BCUT2D eigenvalue weighted by Gasteiger charge is 2.34. The fraction of sp³-hybridized carbons (Fsp3) is 0.500. The molecule has 0 spiro atoms. The van der Waals surface area contributed by atoms with E-state index in [-0.39, 0.29) is 5.78 Å². The van der Waals surface area contributed by atoms with Crippen LogP contribution in [-0.2, 0) is 4.74 Å². The molecule has 1 aromatic rings. The Hall–Kier alpha value is -2.32. The third-order valence-electron chi connectivity index (χ3n) is 3.96. The molecule has 1 saturated heterocycles. The Morgan fingerprint density at radius 1 is 1.16 bits per heavy atom. The minimum atomic E-state index is -1.25. The van der Waals surface area contributed by atoms with Crippen LogP contribution in [0.4, 0.5) is 4.79 Å². The number of aryl methyl sites for hydroxylation is 1. The number of carbonyl (C=O) groups is 2. The van der Waals surface area contributed by atoms with Gasteiger partial charge in [0, 0.05) is 31.5 Å². The number of carbonyl (C=O) groups excluding carboxylic acids is 2. The van der Waals surface area contributed by atoms with E-state index in [4.69, 9.17) is 4.74 Å². The number of nitrogens with zero attached hydrogens (tertiary/aromatic N) is 1. The standard InChI is InChI=1S/C20H25NO4/c1-15-5-7-16(8-6-15)17(22)9-10-20(24)11-13-21(14-12-20)18(23)25-19(2,3)4/h5-8,24H,11-14H2,1-4H3. The van der Waals surface area contributed by atoms with Gasteiger partial charge in [0.1, 0.15) is 11.2 Å². The van der Waals surface area contributed by atoms with Crippen molar-refractivity contribution in [2.75, 3.05) is 13.1 Å². The number of amides is 1. The van der Waals surface area contributed by atoms with Crippen molar-refractivity contribution >= 4 is 11.9 Å². The molecule has 0 aromatic heterocycles. The SMILES string of the molecule is Cc1ccc(C(=O)C#CC2(O)CCN(C(=O)OC(C)(C)C)CC2)cc1. The molecular weight excluding hydrogens is 318 g/mol. The third-order valence-corrected chi connectivity index (χ3v) is 3.96. The van der Waals surface area contributed by atoms with Crippen LogP contribution < -0.4 is 0 Å². The summed E-state index contributed by atoms with van der Waals surface area (Å²) in [6, 6.07) is 7.15. The second-order valence-corrected chi connectivity index (χ2v) is 7.44. The van der Waals surface area contributed by atoms with Crippen molar-refractivity contribution in [1.29, 1.82) is 0 Å². The summed E-state index contributed by atoms with van der Waals surface area (Å²) in [5, 5.41) is 10.5. The second kappa shape index (κ2) is 7.28. The van der Waals surface area contributed by atoms with Gasteiger partial charge in [-0.15, -0.1) is 0 Å². The molecule has 1 amide bonds. The van der Waals surface area contributed by atoms with Crippen molar-refractivity contribution in [2.24, 2.45) is 0 Å². The highest BCUT2D eigenvalue weighted by Crippen LogP contribution is 2.23. The molecule has 0 bridgehead atoms. The van der Waals surface area contributed by atoms with E-state index in [1.54, 1.807) is 17.0 Å². The van der Waals surface area contributed by atoms with Crippen molar-refractivity contribution in [3.8, 4) is 11.8 Å². The minimum absolute atomic E-state index is 0.292. The smallest absolute Gasteiger partial charge is 0.410 e. The molecule has 5 nitrogen and oxygen atoms in total. The molecule has 1 heterocycles. The second-order valence-electron chi connectivity index (χ2n) is 7.44. The fourth-order valence-electron chi connectivity index (χ4n) is 2.46. The molecule has 0 atom stereocenters. The highest BCUT2D eigenvalue weighted by molar-refractivity contribution is 6.09. The van der Waals surface area contributed by atoms with Crippen molar-refractivity contribution in [2.45, 2.75) is 51.7 Å². The monoisotopic (exact) mass is 343 g/mol. The van der Waals surface area contributed by atoms with Crippen LogP contribution in [0, 0.1) is 18.8 Å². The summed E-state index contributed by atoms with van der Waals surface area (Å²) >= 11 is 0. The van der Waals surface area contributed by atoms with Gasteiger partial charge in [-0.25, -0.2) is 4.79 Å². The number of rotatable bonds is 1. The molecule has 0 radical (unpaired) electrons. The molecule has 134 valence electrons. The molecule has 5 heteroatoms. The molecule has 0 aliphatic carbocycles. The zero-order chi connectivity index (χ0) is 18.7. The Bertz CT molecular complexity index is 696. The van der Waals surface area contributed by atoms with Crippen LogP contribution in [0.15, 0.2) is 24.3 Å². The van der Waals surface area contributed by atoms with E-state index in [2.05, 4.69) is 11.8 Å². The molecule has 2 rings (SSSR count). The van der Waals surface area contributed by atoms with Crippen molar-refractivity contribution in [1.82, 2.24) is 4.90 Å². The Labute approximate surface area is 149 Å². The summed E-state index contributed by atoms with van der Waals surface area (Å²) in [7, 11) is 0. The summed E-state index contributed by atoms with van der Waals surface area (Å²) in [5.74, 6) is 4.92. The molecule has 1 aliphatic heterocycles. The average Bonchev–Trinajstić information content (AvgIpc) is 2.52. The maximum atomic E-state index is 12.1. The topological polar surface area (TPSA) is 66.8 Å². The normalized spacial score (nSPS) is 16.6. The molecule has 1 fully saturated rings. The van der Waals surface area contributed by atoms with E-state index in [1.807, 2.05) is 39.8 Å². The number of Topliss-reactive ketones (excluding diaryl/α,β-unsaturated/α-hetero) is 1. The quantitative estimate of drug-likeness (QED) is 0.484. The van der Waals surface area contributed by atoms with Gasteiger partial charge in [-0.3, -0.25) is 4.79 Å². The van der Waals surface area contributed by atoms with E-state index < -0.39 is 17.3 Å². The molecule has 1 aliphatic rings. The summed E-state index contributed by atoms with van der Waals surface area (Å²) in [6.45, 7) is 8.08. The van der Waals surface area contributed by atoms with Crippen LogP contribution in [0.25, 0.3) is 0 Å². The Morgan fingerprint density at radius 2 is 1.72 bits per heavy atom. The Kier molecular flexibility index (Phi) is 5.54. The first-order chi connectivity index (χ1) is 11.6. The molecule has 0 saturated carbocycles. The lowest BCUT2D eigenvalue weighted by Crippen LogP contribution is -2.47. The van der Waals surface area contributed by atoms with Crippen molar-refractivity contribution in [3.05, 3.63) is 35.4 Å². The number of benzene rings is 1. The largest absolute Gasteiger partial charge is 0.444 e. The predicted molar refractivity (Wildman–Crippen MR) is 95.3 cm³/mol. The van der Waals surface area contributed by atoms with Gasteiger partial charge in [-0.1, -0.05) is 35.7 Å². The fourth-order valence-corrected chi connectivity index (χ4v) is 2.46. The number of aliphatic hydroxyl groups is 1. The van der Waals surface area contributed by atoms with Crippen molar-refractivity contribution in [3.63, 3.8) is 0 Å². The van der Waals surface area contributed by atoms with Gasteiger partial charge in [0.05, 0.1) is 0 Å². The van der Waals surface area contributed by atoms with E-state index in [9.17, 15) is 14.7 Å². The Balaban J connectivity index is 1.96. The number of hydrogen-bond acceptors (Lipinski definition) is 4. The lowest BCUT2D eigenvalue weighted by Gasteiger charge is -2.35. The third kappa shape index (κ3) is 5.61. The first-order valence-electron chi connectivity index (χ1n) is 8.42. The van der Waals surface area contributed by atoms with Gasteiger partial charge in [-0.2, -0.15) is 0 Å². The summed E-state index contributed by atoms with van der Waals surface area (Å²) in [4.78, 5) is 25.7. The zero-order valence-electron chi connectivity index (χ0n) is 15.3. The van der Waals surface area contributed by atoms with Gasteiger partial charge in [0.2, 0.25) is 5.78 Å². The maximum Gasteiger partial charge on any atom is 0.410 e. The van der Waals surface area contributed by atoms with E-state index >= 15 is 0 Å². The number of ketones is 1. The maximum absolute atomic E-state index is 12.1. The van der Waals surface area contributed by atoms with E-state index in [1.165, 1.54) is 0 Å². The number of piperidine rings is 1. The van der Waals surface area contributed by atoms with Gasteiger partial charge >= 0.3 is 6.09 Å². The lowest BCUT2D eigenvalue weighted by molar-refractivity contribution is -0.00519. The molecule has 0 unspecified atom stereocenters. The van der Waals surface area contributed by atoms with Gasteiger partial charge in [0.25, 0.3) is 0 Å². The number of ether oxygens (including phenoxy) is 1. The number of hydrogen-bond donors (Lipinski definition) is 1. The predicted octanol–water partition coefficient (Wildman–Crippen LogP) is 2.94. The van der Waals surface area contributed by atoms with Crippen LogP contribution >= 0.6 is 0 Å². The zero-order valence-corrected chi connectivity index (χ0v) is 15.3. The molecule has 1 N–H and O–H groups in total. The van der Waals surface area contributed by atoms with Gasteiger partial charge < -0.3 is 14.7 Å². The van der Waals surface area contributed by atoms with E-state index in [0.29, 0.717) is 31.5 Å². The summed E-state index contributed by atoms with van der Waals surface area (Å²) in [6.07, 6.45) is 0.194. The molecular formula is C20H25NO4. The average molecular weight is 343 g/mol. The molecule has 1 aromatic carbocycles. The van der Waals surface area contributed by atoms with Gasteiger partial charge in [0.15, 0.2) is 0 Å². The van der Waals surface area contributed by atoms with Gasteiger partial charge in [-0.05, 0) is 33.6 Å². The van der Waals surface area contributed by atoms with Crippen LogP contribution in [0.3, 0.4) is 0 Å². The number of likely N-dealkylation sites (tertiary alicyclic amines) is 1. The highest BCUT2D eigenvalue weighted by atomic mass is 16.6. The minimum Gasteiger partial charge on any atom is -0.444 e. The van der Waals surface area contributed by atoms with Crippen LogP contribution in [-0.4, -0.2) is 46.2 Å². The first kappa shape index (κ1) is 19.0. The van der Waals surface area contributed by atoms with E-state index in [0.717, 1.165) is 5.56 Å². The summed E-state index contributed by atoms with van der Waals surface area (Å²) < 4.78 is 5.33. The van der Waals surface area contributed by atoms with Crippen LogP contribution in [0.1, 0.15) is 49.5 Å². The van der Waals surface area contributed by atoms with Crippen LogP contribution in [0.5, 0.6) is 0 Å². The molecule has 25 heavy (non-hydrogen) atoms. The Morgan fingerprint density at radius 3 is 2.24 bits per heavy atom. The first-order valence-corrected chi connectivity index (χ1v) is 8.42. The van der Waals surface area contributed by atoms with Crippen LogP contribution in [0.2, 0.25) is 0 Å². The lowest BCUT2D eigenvalue weighted by atomic mass is 9.92. The summed E-state index contributed by atoms with van der Waals surface area (Å²) in [5.41, 5.74) is -0.227. The van der Waals surface area contributed by atoms with Crippen molar-refractivity contribution < 1.29 is 19.4 Å².